The molecule has 1 fully saturated rings. The molecule has 2 aliphatic carbocycles. The van der Waals surface area contributed by atoms with Crippen molar-refractivity contribution < 1.29 is 4.79 Å². The van der Waals surface area contributed by atoms with Gasteiger partial charge in [0.25, 0.3) is 0 Å². The van der Waals surface area contributed by atoms with Crippen molar-refractivity contribution in [3.8, 4) is 0 Å². The molecule has 0 aromatic rings. The van der Waals surface area contributed by atoms with Gasteiger partial charge >= 0.3 is 0 Å². The summed E-state index contributed by atoms with van der Waals surface area (Å²) in [6.45, 7) is 0. The van der Waals surface area contributed by atoms with Crippen molar-refractivity contribution in [1.29, 1.82) is 0 Å². The number of fused-ring (bicyclic) bond motifs is 1. The molecule has 0 aliphatic heterocycles. The first-order valence-electron chi connectivity index (χ1n) is 3.45. The smallest absolute Gasteiger partial charge is 0.207 e. The first kappa shape index (κ1) is 5.92. The van der Waals surface area contributed by atoms with Crippen LogP contribution in [0, 0.1) is 5.92 Å². The van der Waals surface area contributed by atoms with Crippen molar-refractivity contribution in [2.75, 3.05) is 0 Å². The fourth-order valence-corrected chi connectivity index (χ4v) is 1.82. The molecular formula is C7H10N2O. The summed E-state index contributed by atoms with van der Waals surface area (Å²) in [4.78, 5) is 10.0. The Labute approximate surface area is 59.3 Å². The predicted molar refractivity (Wildman–Crippen MR) is 37.2 cm³/mol. The third-order valence-electron chi connectivity index (χ3n) is 2.52. The molecule has 0 heterocycles. The molecule has 1 amide bonds. The lowest BCUT2D eigenvalue weighted by atomic mass is 10.3. The largest absolute Gasteiger partial charge is 0.353 e. The Morgan fingerprint density at radius 2 is 2.60 bits per heavy atom. The molecule has 3 nitrogen and oxygen atoms in total. The molecule has 0 aromatic heterocycles. The van der Waals surface area contributed by atoms with Crippen LogP contribution in [0.2, 0.25) is 0 Å². The van der Waals surface area contributed by atoms with Crippen molar-refractivity contribution in [2.24, 2.45) is 11.7 Å². The summed E-state index contributed by atoms with van der Waals surface area (Å²) < 4.78 is 0. The van der Waals surface area contributed by atoms with E-state index >= 15 is 0 Å². The molecule has 2 rings (SSSR count). The number of carbonyl (C=O) groups excluding carboxylic acids is 1. The van der Waals surface area contributed by atoms with Crippen LogP contribution in [0.25, 0.3) is 0 Å². The van der Waals surface area contributed by atoms with Crippen LogP contribution >= 0.6 is 0 Å². The molecule has 0 radical (unpaired) electrons. The first-order chi connectivity index (χ1) is 4.79. The van der Waals surface area contributed by atoms with Gasteiger partial charge in [-0.05, 0) is 6.42 Å². The Balaban J connectivity index is 2.07. The van der Waals surface area contributed by atoms with Crippen molar-refractivity contribution in [3.05, 3.63) is 12.2 Å². The van der Waals surface area contributed by atoms with E-state index in [1.807, 2.05) is 6.08 Å². The fraction of sp³-hybridized carbons (Fsp3) is 0.571. The first-order valence-corrected chi connectivity index (χ1v) is 3.45. The van der Waals surface area contributed by atoms with Gasteiger partial charge in [-0.25, -0.2) is 0 Å². The molecule has 3 atom stereocenters. The maximum atomic E-state index is 10.0. The van der Waals surface area contributed by atoms with Gasteiger partial charge in [0.1, 0.15) is 0 Å². The molecular weight excluding hydrogens is 128 g/mol. The van der Waals surface area contributed by atoms with E-state index in [2.05, 4.69) is 11.4 Å². The zero-order valence-corrected chi connectivity index (χ0v) is 5.58. The normalized spacial score (nSPS) is 48.5. The Bertz CT molecular complexity index is 202. The highest BCUT2D eigenvalue weighted by Crippen LogP contribution is 2.49. The lowest BCUT2D eigenvalue weighted by Crippen LogP contribution is -2.31. The molecule has 10 heavy (non-hydrogen) atoms. The Morgan fingerprint density at radius 1 is 1.80 bits per heavy atom. The number of rotatable bonds is 2. The second-order valence-corrected chi connectivity index (χ2v) is 3.01. The van der Waals surface area contributed by atoms with E-state index in [4.69, 9.17) is 5.73 Å². The van der Waals surface area contributed by atoms with E-state index in [0.717, 1.165) is 12.8 Å². The number of carbonyl (C=O) groups is 1. The molecule has 3 unspecified atom stereocenters. The highest BCUT2D eigenvalue weighted by Gasteiger charge is 2.62. The second-order valence-electron chi connectivity index (χ2n) is 3.01. The maximum absolute atomic E-state index is 10.0. The number of allylic oxidation sites excluding steroid dienone is 1. The van der Waals surface area contributed by atoms with Gasteiger partial charge in [0, 0.05) is 5.92 Å². The van der Waals surface area contributed by atoms with Gasteiger partial charge in [0.15, 0.2) is 0 Å². The number of hydrogen-bond acceptors (Lipinski definition) is 2. The van der Waals surface area contributed by atoms with E-state index in [9.17, 15) is 4.79 Å². The summed E-state index contributed by atoms with van der Waals surface area (Å²) in [5, 5.41) is 2.71. The van der Waals surface area contributed by atoms with E-state index < -0.39 is 0 Å². The van der Waals surface area contributed by atoms with Gasteiger partial charge in [0.05, 0.1) is 11.6 Å². The second kappa shape index (κ2) is 1.61. The lowest BCUT2D eigenvalue weighted by Gasteiger charge is -2.01. The highest BCUT2D eigenvalue weighted by molar-refractivity contribution is 5.52. The van der Waals surface area contributed by atoms with Crippen LogP contribution in [0.5, 0.6) is 0 Å². The third kappa shape index (κ3) is 0.508. The summed E-state index contributed by atoms with van der Waals surface area (Å²) in [6.07, 6.45) is 5.82. The molecule has 0 saturated heterocycles. The van der Waals surface area contributed by atoms with Crippen LogP contribution in [0.1, 0.15) is 6.42 Å². The van der Waals surface area contributed by atoms with Gasteiger partial charge in [0.2, 0.25) is 6.41 Å². The van der Waals surface area contributed by atoms with Crippen molar-refractivity contribution in [2.45, 2.75) is 18.0 Å². The molecule has 0 aromatic carbocycles. The zero-order valence-electron chi connectivity index (χ0n) is 5.58. The standard InChI is InChI=1S/C7H10N2O/c8-7-3-1-2-5(7)6(7)9-4-10/h1,3-6H,2,8H2,(H,9,10). The van der Waals surface area contributed by atoms with Gasteiger partial charge < -0.3 is 11.1 Å². The summed E-state index contributed by atoms with van der Waals surface area (Å²) >= 11 is 0. The average molecular weight is 138 g/mol. The summed E-state index contributed by atoms with van der Waals surface area (Å²) in [7, 11) is 0. The van der Waals surface area contributed by atoms with E-state index in [0.29, 0.717) is 5.92 Å². The predicted octanol–water partition coefficient (Wildman–Crippen LogP) is -0.612. The van der Waals surface area contributed by atoms with E-state index in [1.165, 1.54) is 0 Å². The average Bonchev–Trinajstić information content (AvgIpc) is 2.34. The molecule has 2 aliphatic rings. The fourth-order valence-electron chi connectivity index (χ4n) is 1.82. The summed E-state index contributed by atoms with van der Waals surface area (Å²) in [5.41, 5.74) is 5.68. The number of nitrogens with one attached hydrogen (secondary N) is 1. The van der Waals surface area contributed by atoms with Gasteiger partial charge in [-0.3, -0.25) is 4.79 Å². The molecule has 54 valence electrons. The molecule has 1 saturated carbocycles. The van der Waals surface area contributed by atoms with E-state index in [1.54, 1.807) is 0 Å². The molecule has 3 heteroatoms. The Kier molecular flexibility index (Phi) is 0.951. The van der Waals surface area contributed by atoms with Gasteiger partial charge in [-0.1, -0.05) is 12.2 Å². The van der Waals surface area contributed by atoms with Crippen LogP contribution in [0.3, 0.4) is 0 Å². The van der Waals surface area contributed by atoms with Crippen LogP contribution in [0.15, 0.2) is 12.2 Å². The van der Waals surface area contributed by atoms with Crippen LogP contribution in [0.4, 0.5) is 0 Å². The Hall–Kier alpha value is -0.830. The van der Waals surface area contributed by atoms with Crippen LogP contribution in [-0.4, -0.2) is 18.0 Å². The Morgan fingerprint density at radius 3 is 3.10 bits per heavy atom. The highest BCUT2D eigenvalue weighted by atomic mass is 16.1. The van der Waals surface area contributed by atoms with Crippen molar-refractivity contribution in [1.82, 2.24) is 5.32 Å². The maximum Gasteiger partial charge on any atom is 0.207 e. The van der Waals surface area contributed by atoms with Crippen LogP contribution < -0.4 is 11.1 Å². The van der Waals surface area contributed by atoms with E-state index in [-0.39, 0.29) is 11.6 Å². The number of amides is 1. The number of hydrogen-bond donors (Lipinski definition) is 2. The minimum absolute atomic E-state index is 0.194. The summed E-state index contributed by atoms with van der Waals surface area (Å²) in [6, 6.07) is 0.204. The van der Waals surface area contributed by atoms with Gasteiger partial charge in [-0.2, -0.15) is 0 Å². The molecule has 0 bridgehead atoms. The van der Waals surface area contributed by atoms with Crippen molar-refractivity contribution >= 4 is 6.41 Å². The molecule has 3 N–H and O–H groups in total. The molecule has 0 spiro atoms. The van der Waals surface area contributed by atoms with Crippen molar-refractivity contribution in [3.63, 3.8) is 0 Å². The monoisotopic (exact) mass is 138 g/mol. The summed E-state index contributed by atoms with van der Waals surface area (Å²) in [5.74, 6) is 0.470. The zero-order chi connectivity index (χ0) is 7.19. The SMILES string of the molecule is NC12C=CCC1C2NC=O. The topological polar surface area (TPSA) is 55.1 Å². The lowest BCUT2D eigenvalue weighted by molar-refractivity contribution is -0.109. The van der Waals surface area contributed by atoms with Gasteiger partial charge in [-0.15, -0.1) is 0 Å². The van der Waals surface area contributed by atoms with Crippen LogP contribution in [-0.2, 0) is 4.79 Å². The quantitative estimate of drug-likeness (QED) is 0.395. The minimum Gasteiger partial charge on any atom is -0.353 e. The number of nitrogens with two attached hydrogens (primary N) is 1. The third-order valence-corrected chi connectivity index (χ3v) is 2.52. The minimum atomic E-state index is -0.194.